The van der Waals surface area contributed by atoms with Gasteiger partial charge in [0.2, 0.25) is 5.91 Å². The number of carbonyl (C=O) groups excluding carboxylic acids is 1. The molecule has 7 nitrogen and oxygen atoms in total. The lowest BCUT2D eigenvalue weighted by Crippen LogP contribution is -2.17. The van der Waals surface area contributed by atoms with Crippen molar-refractivity contribution in [2.45, 2.75) is 13.0 Å². The molecule has 0 saturated heterocycles. The third-order valence-corrected chi connectivity index (χ3v) is 5.22. The summed E-state index contributed by atoms with van der Waals surface area (Å²) in [6.07, 6.45) is 4.03. The maximum Gasteiger partial charge on any atom is 0.228 e. The second kappa shape index (κ2) is 8.80. The molecule has 1 aliphatic rings. The van der Waals surface area contributed by atoms with Gasteiger partial charge in [-0.2, -0.15) is 0 Å². The summed E-state index contributed by atoms with van der Waals surface area (Å²) < 4.78 is 18.9. The Morgan fingerprint density at radius 3 is 2.94 bits per heavy atom. The fourth-order valence-electron chi connectivity index (χ4n) is 3.53. The SMILES string of the molecule is O=C(Cc1cc(Cl)c2c(c1)OCCO2)Nc1cccc(OCc2cn3ccccc3n2)c1. The van der Waals surface area contributed by atoms with E-state index in [4.69, 9.17) is 25.8 Å². The lowest BCUT2D eigenvalue weighted by molar-refractivity contribution is -0.115. The minimum Gasteiger partial charge on any atom is -0.487 e. The van der Waals surface area contributed by atoms with E-state index in [2.05, 4.69) is 10.3 Å². The van der Waals surface area contributed by atoms with Gasteiger partial charge in [-0.15, -0.1) is 0 Å². The molecule has 1 amide bonds. The van der Waals surface area contributed by atoms with E-state index < -0.39 is 0 Å². The zero-order valence-corrected chi connectivity index (χ0v) is 17.8. The Hall–Kier alpha value is -3.71. The van der Waals surface area contributed by atoms with Gasteiger partial charge < -0.3 is 23.9 Å². The predicted molar refractivity (Wildman–Crippen MR) is 121 cm³/mol. The Bertz CT molecular complexity index is 1250. The Morgan fingerprint density at radius 1 is 1.12 bits per heavy atom. The molecule has 1 aliphatic heterocycles. The molecule has 2 aromatic heterocycles. The van der Waals surface area contributed by atoms with Gasteiger partial charge in [0, 0.05) is 24.1 Å². The fourth-order valence-corrected chi connectivity index (χ4v) is 3.82. The van der Waals surface area contributed by atoms with Crippen molar-refractivity contribution in [2.24, 2.45) is 0 Å². The number of ether oxygens (including phenoxy) is 3. The molecule has 8 heteroatoms. The first-order valence-electron chi connectivity index (χ1n) is 10.2. The first-order valence-corrected chi connectivity index (χ1v) is 10.6. The number of imidazole rings is 1. The van der Waals surface area contributed by atoms with Gasteiger partial charge in [-0.1, -0.05) is 23.7 Å². The van der Waals surface area contributed by atoms with Crippen molar-refractivity contribution in [3.05, 3.63) is 83.3 Å². The third kappa shape index (κ3) is 4.48. The fraction of sp³-hybridized carbons (Fsp3) is 0.167. The monoisotopic (exact) mass is 449 g/mol. The van der Waals surface area contributed by atoms with Crippen molar-refractivity contribution >= 4 is 28.8 Å². The lowest BCUT2D eigenvalue weighted by Gasteiger charge is -2.20. The predicted octanol–water partition coefficient (Wildman–Crippen LogP) is 4.52. The topological polar surface area (TPSA) is 74.1 Å². The van der Waals surface area contributed by atoms with Crippen molar-refractivity contribution in [1.82, 2.24) is 9.38 Å². The van der Waals surface area contributed by atoms with Crippen molar-refractivity contribution in [2.75, 3.05) is 18.5 Å². The van der Waals surface area contributed by atoms with Gasteiger partial charge in [0.25, 0.3) is 0 Å². The van der Waals surface area contributed by atoms with Gasteiger partial charge in [0.05, 0.1) is 17.1 Å². The van der Waals surface area contributed by atoms with Crippen LogP contribution in [0.15, 0.2) is 67.0 Å². The van der Waals surface area contributed by atoms with Crippen molar-refractivity contribution < 1.29 is 19.0 Å². The van der Waals surface area contributed by atoms with Gasteiger partial charge in [0.1, 0.15) is 31.2 Å². The van der Waals surface area contributed by atoms with Crippen LogP contribution in [-0.4, -0.2) is 28.5 Å². The van der Waals surface area contributed by atoms with Crippen LogP contribution in [0.1, 0.15) is 11.3 Å². The number of rotatable bonds is 6. The molecule has 0 saturated carbocycles. The number of nitrogens with zero attached hydrogens (tertiary/aromatic N) is 2. The molecular weight excluding hydrogens is 430 g/mol. The normalized spacial score (nSPS) is 12.5. The number of halogens is 1. The second-order valence-electron chi connectivity index (χ2n) is 7.34. The molecule has 0 spiro atoms. The first-order chi connectivity index (χ1) is 15.6. The van der Waals surface area contributed by atoms with Crippen LogP contribution in [0, 0.1) is 0 Å². The van der Waals surface area contributed by atoms with Crippen LogP contribution >= 0.6 is 11.6 Å². The summed E-state index contributed by atoms with van der Waals surface area (Å²) in [5.74, 6) is 1.56. The highest BCUT2D eigenvalue weighted by atomic mass is 35.5. The Labute approximate surface area is 189 Å². The highest BCUT2D eigenvalue weighted by Crippen LogP contribution is 2.38. The molecule has 0 atom stereocenters. The highest BCUT2D eigenvalue weighted by molar-refractivity contribution is 6.32. The summed E-state index contributed by atoms with van der Waals surface area (Å²) in [6.45, 7) is 1.25. The summed E-state index contributed by atoms with van der Waals surface area (Å²) in [4.78, 5) is 17.1. The zero-order chi connectivity index (χ0) is 21.9. The Morgan fingerprint density at radius 2 is 2.03 bits per heavy atom. The lowest BCUT2D eigenvalue weighted by atomic mass is 10.1. The van der Waals surface area contributed by atoms with Crippen LogP contribution in [0.5, 0.6) is 17.2 Å². The molecule has 0 fully saturated rings. The number of nitrogens with one attached hydrogen (secondary N) is 1. The highest BCUT2D eigenvalue weighted by Gasteiger charge is 2.18. The van der Waals surface area contributed by atoms with E-state index in [-0.39, 0.29) is 12.3 Å². The molecule has 0 bridgehead atoms. The molecule has 32 heavy (non-hydrogen) atoms. The number of amides is 1. The van der Waals surface area contributed by atoms with Crippen molar-refractivity contribution in [3.8, 4) is 17.2 Å². The number of anilines is 1. The molecule has 0 radical (unpaired) electrons. The summed E-state index contributed by atoms with van der Waals surface area (Å²) in [6, 6.07) is 16.6. The molecule has 162 valence electrons. The molecule has 2 aromatic carbocycles. The number of hydrogen-bond acceptors (Lipinski definition) is 5. The molecule has 0 aliphatic carbocycles. The Kier molecular flexibility index (Phi) is 5.56. The van der Waals surface area contributed by atoms with Gasteiger partial charge in [-0.25, -0.2) is 4.98 Å². The quantitative estimate of drug-likeness (QED) is 0.468. The number of benzene rings is 2. The van der Waals surface area contributed by atoms with E-state index in [1.54, 1.807) is 18.2 Å². The number of carbonyl (C=O) groups is 1. The summed E-state index contributed by atoms with van der Waals surface area (Å²) >= 11 is 6.26. The van der Waals surface area contributed by atoms with Crippen LogP contribution < -0.4 is 19.5 Å². The Balaban J connectivity index is 1.21. The first kappa shape index (κ1) is 20.2. The van der Waals surface area contributed by atoms with E-state index in [1.165, 1.54) is 0 Å². The van der Waals surface area contributed by atoms with Crippen LogP contribution in [0.3, 0.4) is 0 Å². The minimum absolute atomic E-state index is 0.155. The standard InChI is InChI=1S/C24H20ClN3O4/c25-20-10-16(11-21-24(20)31-9-8-30-21)12-23(29)27-17-4-3-5-19(13-17)32-15-18-14-28-7-2-1-6-22(28)26-18/h1-7,10-11,13-14H,8-9,12,15H2,(H,27,29). The maximum absolute atomic E-state index is 12.6. The average Bonchev–Trinajstić information content (AvgIpc) is 3.21. The summed E-state index contributed by atoms with van der Waals surface area (Å²) in [7, 11) is 0. The largest absolute Gasteiger partial charge is 0.487 e. The number of hydrogen-bond donors (Lipinski definition) is 1. The molecule has 3 heterocycles. The summed E-state index contributed by atoms with van der Waals surface area (Å²) in [5, 5.41) is 3.33. The van der Waals surface area contributed by atoms with Crippen LogP contribution in [0.25, 0.3) is 5.65 Å². The third-order valence-electron chi connectivity index (χ3n) is 4.94. The maximum atomic E-state index is 12.6. The molecule has 0 unspecified atom stereocenters. The molecular formula is C24H20ClN3O4. The van der Waals surface area contributed by atoms with E-state index in [9.17, 15) is 4.79 Å². The molecule has 5 rings (SSSR count). The molecule has 1 N–H and O–H groups in total. The second-order valence-corrected chi connectivity index (χ2v) is 7.75. The van der Waals surface area contributed by atoms with Crippen molar-refractivity contribution in [1.29, 1.82) is 0 Å². The van der Waals surface area contributed by atoms with Crippen LogP contribution in [0.2, 0.25) is 5.02 Å². The smallest absolute Gasteiger partial charge is 0.228 e. The molecule has 4 aromatic rings. The number of pyridine rings is 1. The minimum atomic E-state index is -0.171. The van der Waals surface area contributed by atoms with E-state index in [1.807, 2.05) is 53.2 Å². The van der Waals surface area contributed by atoms with Gasteiger partial charge in [-0.3, -0.25) is 4.79 Å². The van der Waals surface area contributed by atoms with Gasteiger partial charge in [0.15, 0.2) is 11.5 Å². The summed E-state index contributed by atoms with van der Waals surface area (Å²) in [5.41, 5.74) is 3.08. The van der Waals surface area contributed by atoms with Crippen LogP contribution in [-0.2, 0) is 17.8 Å². The van der Waals surface area contributed by atoms with Gasteiger partial charge >= 0.3 is 0 Å². The van der Waals surface area contributed by atoms with E-state index in [0.717, 1.165) is 16.9 Å². The van der Waals surface area contributed by atoms with E-state index in [0.29, 0.717) is 47.8 Å². The zero-order valence-electron chi connectivity index (χ0n) is 17.1. The van der Waals surface area contributed by atoms with Crippen molar-refractivity contribution in [3.63, 3.8) is 0 Å². The average molecular weight is 450 g/mol. The van der Waals surface area contributed by atoms with E-state index >= 15 is 0 Å². The number of fused-ring (bicyclic) bond motifs is 2. The van der Waals surface area contributed by atoms with Gasteiger partial charge in [-0.05, 0) is 42.0 Å². The van der Waals surface area contributed by atoms with Crippen LogP contribution in [0.4, 0.5) is 5.69 Å². The number of aromatic nitrogens is 2.